The molecule has 1 aromatic heterocycles. The van der Waals surface area contributed by atoms with E-state index in [0.29, 0.717) is 18.7 Å². The van der Waals surface area contributed by atoms with E-state index in [1.165, 1.54) is 19.2 Å². The lowest BCUT2D eigenvalue weighted by Gasteiger charge is -2.21. The summed E-state index contributed by atoms with van der Waals surface area (Å²) in [5.41, 5.74) is 1.44. The van der Waals surface area contributed by atoms with Crippen LogP contribution in [0.2, 0.25) is 0 Å². The lowest BCUT2D eigenvalue weighted by atomic mass is 10.1. The Bertz CT molecular complexity index is 714. The first-order chi connectivity index (χ1) is 11.5. The van der Waals surface area contributed by atoms with Crippen LogP contribution in [0.25, 0.3) is 10.9 Å². The first-order valence-electron chi connectivity index (χ1n) is 7.64. The summed E-state index contributed by atoms with van der Waals surface area (Å²) < 4.78 is 22.9. The Kier molecular flexibility index (Phi) is 6.31. The Balaban J connectivity index is 2.08. The molecule has 1 N–H and O–H groups in total. The van der Waals surface area contributed by atoms with Crippen LogP contribution in [0.1, 0.15) is 12.0 Å². The smallest absolute Gasteiger partial charge is 0.307 e. The summed E-state index contributed by atoms with van der Waals surface area (Å²) in [5, 5.41) is 0.810. The summed E-state index contributed by atoms with van der Waals surface area (Å²) >= 11 is 0. The number of nitrogens with one attached hydrogen (secondary N) is 1. The zero-order valence-electron chi connectivity index (χ0n) is 13.8. The van der Waals surface area contributed by atoms with Crippen molar-refractivity contribution in [3.63, 3.8) is 0 Å². The maximum Gasteiger partial charge on any atom is 0.307 e. The molecule has 7 heteroatoms. The quantitative estimate of drug-likeness (QED) is 0.747. The van der Waals surface area contributed by atoms with Gasteiger partial charge < -0.3 is 19.4 Å². The van der Waals surface area contributed by atoms with Gasteiger partial charge >= 0.3 is 5.97 Å². The monoisotopic (exact) mass is 336 g/mol. The van der Waals surface area contributed by atoms with E-state index in [-0.39, 0.29) is 37.1 Å². The fourth-order valence-corrected chi connectivity index (χ4v) is 2.47. The number of ether oxygens (including phenoxy) is 2. The minimum absolute atomic E-state index is 0.124. The maximum atomic E-state index is 13.2. The predicted octanol–water partition coefficient (Wildman–Crippen LogP) is 1.89. The van der Waals surface area contributed by atoms with Gasteiger partial charge in [0.15, 0.2) is 0 Å². The lowest BCUT2D eigenvalue weighted by molar-refractivity contribution is -0.141. The van der Waals surface area contributed by atoms with Crippen molar-refractivity contribution in [2.24, 2.45) is 0 Å². The van der Waals surface area contributed by atoms with Crippen molar-refractivity contribution < 1.29 is 23.5 Å². The second kappa shape index (κ2) is 8.44. The van der Waals surface area contributed by atoms with Crippen LogP contribution in [-0.2, 0) is 25.5 Å². The van der Waals surface area contributed by atoms with Gasteiger partial charge in [0, 0.05) is 37.3 Å². The molecule has 0 spiro atoms. The van der Waals surface area contributed by atoms with Crippen molar-refractivity contribution in [1.29, 1.82) is 0 Å². The van der Waals surface area contributed by atoms with Crippen LogP contribution in [0, 0.1) is 5.82 Å². The summed E-state index contributed by atoms with van der Waals surface area (Å²) in [6.07, 6.45) is 2.00. The predicted molar refractivity (Wildman–Crippen MR) is 87.0 cm³/mol. The van der Waals surface area contributed by atoms with Crippen molar-refractivity contribution >= 4 is 22.8 Å². The van der Waals surface area contributed by atoms with Crippen LogP contribution in [0.3, 0.4) is 0 Å². The summed E-state index contributed by atoms with van der Waals surface area (Å²) in [6, 6.07) is 4.41. The molecule has 0 saturated carbocycles. The topological polar surface area (TPSA) is 71.6 Å². The number of nitrogens with zero attached hydrogens (tertiary/aromatic N) is 1. The SMILES string of the molecule is COCCN(CCC(=O)OC)C(=O)Cc1c[nH]c2cc(F)ccc12. The summed E-state index contributed by atoms with van der Waals surface area (Å²) in [5.74, 6) is -0.823. The van der Waals surface area contributed by atoms with Crippen LogP contribution in [0.15, 0.2) is 24.4 Å². The van der Waals surface area contributed by atoms with Gasteiger partial charge in [0.25, 0.3) is 0 Å². The molecule has 6 nitrogen and oxygen atoms in total. The molecule has 0 aliphatic carbocycles. The number of esters is 1. The van der Waals surface area contributed by atoms with E-state index in [2.05, 4.69) is 9.72 Å². The maximum absolute atomic E-state index is 13.2. The van der Waals surface area contributed by atoms with E-state index in [1.807, 2.05) is 0 Å². The molecule has 0 aliphatic rings. The Morgan fingerprint density at radius 1 is 1.25 bits per heavy atom. The molecule has 0 saturated heterocycles. The van der Waals surface area contributed by atoms with E-state index in [4.69, 9.17) is 4.74 Å². The van der Waals surface area contributed by atoms with Crippen LogP contribution >= 0.6 is 0 Å². The molecule has 0 unspecified atom stereocenters. The van der Waals surface area contributed by atoms with Crippen molar-refractivity contribution in [3.05, 3.63) is 35.8 Å². The number of carbonyl (C=O) groups is 2. The van der Waals surface area contributed by atoms with Crippen molar-refractivity contribution in [3.8, 4) is 0 Å². The average Bonchev–Trinajstić information content (AvgIpc) is 2.96. The minimum Gasteiger partial charge on any atom is -0.469 e. The van der Waals surface area contributed by atoms with Gasteiger partial charge in [-0.15, -0.1) is 0 Å². The molecule has 0 aliphatic heterocycles. The number of aromatic amines is 1. The van der Waals surface area contributed by atoms with Crippen LogP contribution in [-0.4, -0.2) is 55.7 Å². The first kappa shape index (κ1) is 17.9. The highest BCUT2D eigenvalue weighted by atomic mass is 19.1. The van der Waals surface area contributed by atoms with Crippen molar-refractivity contribution in [1.82, 2.24) is 9.88 Å². The number of rotatable bonds is 8. The third-order valence-corrected chi connectivity index (χ3v) is 3.80. The van der Waals surface area contributed by atoms with E-state index in [1.54, 1.807) is 24.3 Å². The molecular weight excluding hydrogens is 315 g/mol. The molecule has 0 bridgehead atoms. The standard InChI is InChI=1S/C17H21FN2O4/c1-23-8-7-20(6-5-17(22)24-2)16(21)9-12-11-19-15-10-13(18)3-4-14(12)15/h3-4,10-11,19H,5-9H2,1-2H3. The Morgan fingerprint density at radius 2 is 2.04 bits per heavy atom. The van der Waals surface area contributed by atoms with Gasteiger partial charge in [-0.3, -0.25) is 9.59 Å². The number of halogens is 1. The number of fused-ring (bicyclic) bond motifs is 1. The highest BCUT2D eigenvalue weighted by molar-refractivity contribution is 5.89. The van der Waals surface area contributed by atoms with Crippen LogP contribution < -0.4 is 0 Å². The van der Waals surface area contributed by atoms with E-state index < -0.39 is 0 Å². The molecule has 1 aromatic carbocycles. The Labute approximate surface area is 139 Å². The highest BCUT2D eigenvalue weighted by Gasteiger charge is 2.17. The van der Waals surface area contributed by atoms with Gasteiger partial charge in [0.1, 0.15) is 5.82 Å². The summed E-state index contributed by atoms with van der Waals surface area (Å²) in [4.78, 5) is 28.4. The number of amides is 1. The summed E-state index contributed by atoms with van der Waals surface area (Å²) in [7, 11) is 2.87. The molecule has 0 fully saturated rings. The van der Waals surface area contributed by atoms with Gasteiger partial charge in [0.05, 0.1) is 26.6 Å². The van der Waals surface area contributed by atoms with Crippen molar-refractivity contribution in [2.75, 3.05) is 33.9 Å². The number of benzene rings is 1. The number of hydrogen-bond donors (Lipinski definition) is 1. The first-order valence-corrected chi connectivity index (χ1v) is 7.64. The van der Waals surface area contributed by atoms with Crippen molar-refractivity contribution in [2.45, 2.75) is 12.8 Å². The molecule has 1 amide bonds. The molecule has 24 heavy (non-hydrogen) atoms. The van der Waals surface area contributed by atoms with Gasteiger partial charge in [0.2, 0.25) is 5.91 Å². The van der Waals surface area contributed by atoms with Crippen LogP contribution in [0.5, 0.6) is 0 Å². The summed E-state index contributed by atoms with van der Waals surface area (Å²) in [6.45, 7) is 1.04. The number of methoxy groups -OCH3 is 2. The number of hydrogen-bond acceptors (Lipinski definition) is 4. The normalized spacial score (nSPS) is 10.8. The average molecular weight is 336 g/mol. The van der Waals surface area contributed by atoms with E-state index in [9.17, 15) is 14.0 Å². The fraction of sp³-hybridized carbons (Fsp3) is 0.412. The molecule has 1 heterocycles. The van der Waals surface area contributed by atoms with E-state index in [0.717, 1.165) is 10.9 Å². The number of aromatic nitrogens is 1. The van der Waals surface area contributed by atoms with Gasteiger partial charge in [-0.2, -0.15) is 0 Å². The number of H-pyrrole nitrogens is 1. The Hall–Kier alpha value is -2.41. The van der Waals surface area contributed by atoms with Gasteiger partial charge in [-0.05, 0) is 23.8 Å². The fourth-order valence-electron chi connectivity index (χ4n) is 2.47. The lowest BCUT2D eigenvalue weighted by Crippen LogP contribution is -2.36. The third kappa shape index (κ3) is 4.55. The zero-order valence-corrected chi connectivity index (χ0v) is 13.8. The highest BCUT2D eigenvalue weighted by Crippen LogP contribution is 2.20. The van der Waals surface area contributed by atoms with Gasteiger partial charge in [-0.25, -0.2) is 4.39 Å². The molecule has 2 aromatic rings. The molecular formula is C17H21FN2O4. The largest absolute Gasteiger partial charge is 0.469 e. The molecule has 130 valence electrons. The number of carbonyl (C=O) groups excluding carboxylic acids is 2. The van der Waals surface area contributed by atoms with E-state index >= 15 is 0 Å². The second-order valence-electron chi connectivity index (χ2n) is 5.38. The second-order valence-corrected chi connectivity index (χ2v) is 5.38. The third-order valence-electron chi connectivity index (χ3n) is 3.80. The molecule has 0 radical (unpaired) electrons. The Morgan fingerprint density at radius 3 is 2.75 bits per heavy atom. The molecule has 2 rings (SSSR count). The van der Waals surface area contributed by atoms with Crippen LogP contribution in [0.4, 0.5) is 4.39 Å². The molecule has 0 atom stereocenters. The van der Waals surface area contributed by atoms with Gasteiger partial charge in [-0.1, -0.05) is 0 Å². The minimum atomic E-state index is -0.368. The zero-order chi connectivity index (χ0) is 17.5.